The van der Waals surface area contributed by atoms with Crippen LogP contribution >= 0.6 is 0 Å². The lowest BCUT2D eigenvalue weighted by molar-refractivity contribution is 0.669. The lowest BCUT2D eigenvalue weighted by Crippen LogP contribution is -2.22. The summed E-state index contributed by atoms with van der Waals surface area (Å²) in [5.74, 6) is 0.796. The maximum absolute atomic E-state index is 6.22. The van der Waals surface area contributed by atoms with Crippen molar-refractivity contribution in [1.82, 2.24) is 9.97 Å². The molecule has 0 unspecified atom stereocenters. The highest BCUT2D eigenvalue weighted by molar-refractivity contribution is 5.60. The number of hydrogen-bond acceptors (Lipinski definition) is 3. The van der Waals surface area contributed by atoms with Crippen LogP contribution < -0.4 is 5.73 Å². The second kappa shape index (κ2) is 4.98. The summed E-state index contributed by atoms with van der Waals surface area (Å²) in [7, 11) is 0. The first-order valence-corrected chi connectivity index (χ1v) is 7.35. The van der Waals surface area contributed by atoms with E-state index in [9.17, 15) is 0 Å². The highest BCUT2D eigenvalue weighted by Crippen LogP contribution is 2.41. The Morgan fingerprint density at radius 1 is 1.15 bits per heavy atom. The summed E-state index contributed by atoms with van der Waals surface area (Å²) in [6.07, 6.45) is 4.28. The molecule has 0 bridgehead atoms. The fourth-order valence-electron chi connectivity index (χ4n) is 2.43. The van der Waals surface area contributed by atoms with Crippen LogP contribution in [0, 0.1) is 6.92 Å². The van der Waals surface area contributed by atoms with Gasteiger partial charge in [0.1, 0.15) is 5.82 Å². The van der Waals surface area contributed by atoms with Crippen LogP contribution in [0.25, 0.3) is 11.3 Å². The second-order valence-electron chi connectivity index (χ2n) is 5.82. The lowest BCUT2D eigenvalue weighted by atomic mass is 10.1. The Labute approximate surface area is 120 Å². The van der Waals surface area contributed by atoms with Crippen molar-refractivity contribution in [1.29, 1.82) is 0 Å². The molecule has 0 spiro atoms. The minimum Gasteiger partial charge on any atom is -0.319 e. The Hall–Kier alpha value is -1.74. The van der Waals surface area contributed by atoms with Gasteiger partial charge in [0.25, 0.3) is 0 Å². The number of aromatic nitrogens is 2. The first-order valence-electron chi connectivity index (χ1n) is 7.35. The number of nitrogens with zero attached hydrogens (tertiary/aromatic N) is 2. The Morgan fingerprint density at radius 2 is 1.85 bits per heavy atom. The van der Waals surface area contributed by atoms with Gasteiger partial charge in [-0.25, -0.2) is 9.97 Å². The van der Waals surface area contributed by atoms with E-state index in [2.05, 4.69) is 41.2 Å². The van der Waals surface area contributed by atoms with Gasteiger partial charge in [-0.2, -0.15) is 0 Å². The molecular formula is C17H21N3. The molecule has 0 aliphatic heterocycles. The van der Waals surface area contributed by atoms with Crippen LogP contribution in [-0.4, -0.2) is 9.97 Å². The van der Waals surface area contributed by atoms with Crippen LogP contribution in [0.3, 0.4) is 0 Å². The van der Waals surface area contributed by atoms with Gasteiger partial charge < -0.3 is 5.73 Å². The monoisotopic (exact) mass is 267 g/mol. The topological polar surface area (TPSA) is 51.8 Å². The summed E-state index contributed by atoms with van der Waals surface area (Å²) >= 11 is 0. The van der Waals surface area contributed by atoms with Crippen LogP contribution in [0.15, 0.2) is 30.3 Å². The van der Waals surface area contributed by atoms with Gasteiger partial charge in [-0.05, 0) is 37.8 Å². The molecule has 2 aromatic rings. The van der Waals surface area contributed by atoms with E-state index in [0.29, 0.717) is 0 Å². The third-order valence-electron chi connectivity index (χ3n) is 3.88. The third-order valence-corrected chi connectivity index (χ3v) is 3.88. The Balaban J connectivity index is 1.95. The summed E-state index contributed by atoms with van der Waals surface area (Å²) in [4.78, 5) is 9.18. The first-order chi connectivity index (χ1) is 9.60. The normalized spacial score (nSPS) is 16.1. The lowest BCUT2D eigenvalue weighted by Gasteiger charge is -2.11. The van der Waals surface area contributed by atoms with E-state index >= 15 is 0 Å². The second-order valence-corrected chi connectivity index (χ2v) is 5.82. The van der Waals surface area contributed by atoms with Gasteiger partial charge in [-0.1, -0.05) is 37.6 Å². The molecule has 1 aliphatic carbocycles. The van der Waals surface area contributed by atoms with Crippen LogP contribution in [0.2, 0.25) is 0 Å². The summed E-state index contributed by atoms with van der Waals surface area (Å²) in [5.41, 5.74) is 10.4. The van der Waals surface area contributed by atoms with Crippen molar-refractivity contribution in [3.05, 3.63) is 47.4 Å². The number of hydrogen-bond donors (Lipinski definition) is 1. The maximum atomic E-state index is 6.22. The molecule has 1 aromatic carbocycles. The SMILES string of the molecule is CCCc1ccc(-c2cc(C)nc(C3(N)CC3)n2)cc1. The van der Waals surface area contributed by atoms with Crippen molar-refractivity contribution in [3.8, 4) is 11.3 Å². The van der Waals surface area contributed by atoms with E-state index in [0.717, 1.165) is 42.0 Å². The molecule has 3 rings (SSSR count). The molecule has 1 saturated carbocycles. The van der Waals surface area contributed by atoms with Crippen molar-refractivity contribution in [2.24, 2.45) is 5.73 Å². The highest BCUT2D eigenvalue weighted by atomic mass is 15.0. The quantitative estimate of drug-likeness (QED) is 0.924. The predicted octanol–water partition coefficient (Wildman–Crippen LogP) is 3.35. The highest BCUT2D eigenvalue weighted by Gasteiger charge is 2.43. The van der Waals surface area contributed by atoms with Crippen molar-refractivity contribution in [2.45, 2.75) is 45.1 Å². The molecule has 1 aliphatic rings. The number of rotatable bonds is 4. The summed E-state index contributed by atoms with van der Waals surface area (Å²) in [5, 5.41) is 0. The van der Waals surface area contributed by atoms with E-state index in [-0.39, 0.29) is 5.54 Å². The van der Waals surface area contributed by atoms with E-state index in [4.69, 9.17) is 5.73 Å². The average molecular weight is 267 g/mol. The largest absolute Gasteiger partial charge is 0.319 e. The van der Waals surface area contributed by atoms with Gasteiger partial charge in [0.15, 0.2) is 0 Å². The van der Waals surface area contributed by atoms with E-state index in [1.54, 1.807) is 0 Å². The van der Waals surface area contributed by atoms with Crippen molar-refractivity contribution < 1.29 is 0 Å². The van der Waals surface area contributed by atoms with Crippen LogP contribution in [-0.2, 0) is 12.0 Å². The maximum Gasteiger partial charge on any atom is 0.149 e. The number of nitrogens with two attached hydrogens (primary N) is 1. The van der Waals surface area contributed by atoms with Crippen molar-refractivity contribution in [3.63, 3.8) is 0 Å². The standard InChI is InChI=1S/C17H21N3/c1-3-4-13-5-7-14(8-6-13)15-11-12(2)19-16(20-15)17(18)9-10-17/h5-8,11H,3-4,9-10,18H2,1-2H3. The molecule has 104 valence electrons. The van der Waals surface area contributed by atoms with Crippen molar-refractivity contribution >= 4 is 0 Å². The predicted molar refractivity (Wildman–Crippen MR) is 81.3 cm³/mol. The van der Waals surface area contributed by atoms with Gasteiger partial charge in [-0.15, -0.1) is 0 Å². The third kappa shape index (κ3) is 2.59. The summed E-state index contributed by atoms with van der Waals surface area (Å²) in [6.45, 7) is 4.20. The van der Waals surface area contributed by atoms with Gasteiger partial charge in [0.05, 0.1) is 11.2 Å². The first kappa shape index (κ1) is 13.3. The molecule has 0 amide bonds. The van der Waals surface area contributed by atoms with Gasteiger partial charge >= 0.3 is 0 Å². The van der Waals surface area contributed by atoms with Crippen molar-refractivity contribution in [2.75, 3.05) is 0 Å². The molecular weight excluding hydrogens is 246 g/mol. The molecule has 0 saturated heterocycles. The average Bonchev–Trinajstić information content (AvgIpc) is 3.19. The fraction of sp³-hybridized carbons (Fsp3) is 0.412. The molecule has 20 heavy (non-hydrogen) atoms. The van der Waals surface area contributed by atoms with Gasteiger partial charge in [-0.3, -0.25) is 0 Å². The van der Waals surface area contributed by atoms with Crippen LogP contribution in [0.1, 0.15) is 43.3 Å². The number of benzene rings is 1. The summed E-state index contributed by atoms with van der Waals surface area (Å²) < 4.78 is 0. The van der Waals surface area contributed by atoms with Crippen LogP contribution in [0.4, 0.5) is 0 Å². The van der Waals surface area contributed by atoms with E-state index in [1.807, 2.05) is 13.0 Å². The zero-order valence-electron chi connectivity index (χ0n) is 12.2. The Bertz CT molecular complexity index is 613. The van der Waals surface area contributed by atoms with E-state index < -0.39 is 0 Å². The van der Waals surface area contributed by atoms with Gasteiger partial charge in [0, 0.05) is 11.3 Å². The van der Waals surface area contributed by atoms with Crippen LogP contribution in [0.5, 0.6) is 0 Å². The summed E-state index contributed by atoms with van der Waals surface area (Å²) in [6, 6.07) is 10.7. The van der Waals surface area contributed by atoms with E-state index in [1.165, 1.54) is 12.0 Å². The molecule has 2 N–H and O–H groups in total. The van der Waals surface area contributed by atoms with Gasteiger partial charge in [0.2, 0.25) is 0 Å². The molecule has 1 heterocycles. The molecule has 0 atom stereocenters. The minimum atomic E-state index is -0.275. The smallest absolute Gasteiger partial charge is 0.149 e. The zero-order valence-corrected chi connectivity index (χ0v) is 12.2. The number of aryl methyl sites for hydroxylation is 2. The molecule has 1 aromatic heterocycles. The Kier molecular flexibility index (Phi) is 3.30. The molecule has 3 heteroatoms. The Morgan fingerprint density at radius 3 is 2.45 bits per heavy atom. The minimum absolute atomic E-state index is 0.275. The molecule has 0 radical (unpaired) electrons. The fourth-order valence-corrected chi connectivity index (χ4v) is 2.43. The molecule has 3 nitrogen and oxygen atoms in total. The molecule has 1 fully saturated rings. The zero-order chi connectivity index (χ0) is 14.2.